The van der Waals surface area contributed by atoms with Crippen LogP contribution in [0.3, 0.4) is 0 Å². The molecule has 17 heavy (non-hydrogen) atoms. The Balaban J connectivity index is 2.82. The Kier molecular flexibility index (Phi) is 5.68. The fourth-order valence-electron chi connectivity index (χ4n) is 1.58. The van der Waals surface area contributed by atoms with Gasteiger partial charge < -0.3 is 4.90 Å². The minimum Gasteiger partial charge on any atom is -0.373 e. The highest BCUT2D eigenvalue weighted by Gasteiger charge is 2.06. The highest BCUT2D eigenvalue weighted by atomic mass is 79.9. The van der Waals surface area contributed by atoms with E-state index in [4.69, 9.17) is 0 Å². The Hall–Kier alpha value is -0.840. The number of hydrogen-bond acceptors (Lipinski definition) is 3. The lowest BCUT2D eigenvalue weighted by Crippen LogP contribution is -2.28. The largest absolute Gasteiger partial charge is 0.373 e. The van der Waals surface area contributed by atoms with Gasteiger partial charge in [-0.3, -0.25) is 4.79 Å². The van der Waals surface area contributed by atoms with Crippen LogP contribution >= 0.6 is 15.9 Å². The van der Waals surface area contributed by atoms with Gasteiger partial charge in [0.1, 0.15) is 0 Å². The number of nitrogens with zero attached hydrogens (tertiary/aromatic N) is 3. The van der Waals surface area contributed by atoms with Crippen molar-refractivity contribution in [1.82, 2.24) is 9.78 Å². The van der Waals surface area contributed by atoms with Gasteiger partial charge in [-0.15, -0.1) is 0 Å². The number of anilines is 1. The molecule has 0 spiro atoms. The Morgan fingerprint density at radius 1 is 1.59 bits per heavy atom. The highest BCUT2D eigenvalue weighted by Crippen LogP contribution is 2.08. The zero-order chi connectivity index (χ0) is 12.8. The SMILES string of the molecule is CCCN(C)c1cnn(CC(C)CBr)c(=O)c1. The fraction of sp³-hybridized carbons (Fsp3) is 0.667. The highest BCUT2D eigenvalue weighted by molar-refractivity contribution is 9.09. The van der Waals surface area contributed by atoms with Gasteiger partial charge in [0.15, 0.2) is 0 Å². The van der Waals surface area contributed by atoms with Crippen molar-refractivity contribution >= 4 is 21.6 Å². The normalized spacial score (nSPS) is 12.5. The first-order chi connectivity index (χ1) is 8.08. The molecular formula is C12H20BrN3O. The summed E-state index contributed by atoms with van der Waals surface area (Å²) in [6, 6.07) is 1.66. The second kappa shape index (κ2) is 6.79. The first-order valence-electron chi connectivity index (χ1n) is 5.92. The number of aromatic nitrogens is 2. The van der Waals surface area contributed by atoms with E-state index in [1.807, 2.05) is 11.9 Å². The fourth-order valence-corrected chi connectivity index (χ4v) is 1.78. The molecule has 5 heteroatoms. The summed E-state index contributed by atoms with van der Waals surface area (Å²) in [6.07, 6.45) is 2.82. The molecule has 0 fully saturated rings. The van der Waals surface area contributed by atoms with Crippen LogP contribution in [0, 0.1) is 5.92 Å². The first-order valence-corrected chi connectivity index (χ1v) is 7.04. The minimum absolute atomic E-state index is 0.0294. The van der Waals surface area contributed by atoms with Crippen LogP contribution in [0.2, 0.25) is 0 Å². The maximum atomic E-state index is 11.9. The van der Waals surface area contributed by atoms with Crippen molar-refractivity contribution in [2.75, 3.05) is 23.8 Å². The zero-order valence-corrected chi connectivity index (χ0v) is 12.3. The number of halogens is 1. The lowest BCUT2D eigenvalue weighted by atomic mass is 10.2. The van der Waals surface area contributed by atoms with Crippen LogP contribution in [-0.2, 0) is 6.54 Å². The van der Waals surface area contributed by atoms with Crippen molar-refractivity contribution in [3.05, 3.63) is 22.6 Å². The molecule has 0 bridgehead atoms. The van der Waals surface area contributed by atoms with E-state index in [2.05, 4.69) is 34.9 Å². The molecule has 0 aliphatic carbocycles. The van der Waals surface area contributed by atoms with E-state index in [0.29, 0.717) is 12.5 Å². The quantitative estimate of drug-likeness (QED) is 0.756. The summed E-state index contributed by atoms with van der Waals surface area (Å²) in [5, 5.41) is 5.08. The maximum absolute atomic E-state index is 11.9. The van der Waals surface area contributed by atoms with Gasteiger partial charge in [-0.2, -0.15) is 5.10 Å². The van der Waals surface area contributed by atoms with Crippen LogP contribution in [0.15, 0.2) is 17.1 Å². The van der Waals surface area contributed by atoms with Gasteiger partial charge in [0.05, 0.1) is 11.9 Å². The molecule has 0 aliphatic rings. The molecule has 0 N–H and O–H groups in total. The molecule has 4 nitrogen and oxygen atoms in total. The molecule has 1 rings (SSSR count). The molecule has 0 saturated heterocycles. The second-order valence-electron chi connectivity index (χ2n) is 4.42. The predicted molar refractivity (Wildman–Crippen MR) is 75.0 cm³/mol. The van der Waals surface area contributed by atoms with E-state index in [1.165, 1.54) is 4.68 Å². The van der Waals surface area contributed by atoms with Crippen LogP contribution in [0.1, 0.15) is 20.3 Å². The average molecular weight is 302 g/mol. The van der Waals surface area contributed by atoms with Crippen molar-refractivity contribution in [2.24, 2.45) is 5.92 Å². The molecule has 0 radical (unpaired) electrons. The van der Waals surface area contributed by atoms with Gasteiger partial charge in [0, 0.05) is 31.5 Å². The molecule has 96 valence electrons. The molecule has 1 aromatic rings. The summed E-state index contributed by atoms with van der Waals surface area (Å²) in [7, 11) is 1.98. The molecule has 1 heterocycles. The van der Waals surface area contributed by atoms with Gasteiger partial charge in [-0.05, 0) is 12.3 Å². The monoisotopic (exact) mass is 301 g/mol. The topological polar surface area (TPSA) is 38.1 Å². The van der Waals surface area contributed by atoms with Gasteiger partial charge in [0.2, 0.25) is 0 Å². The predicted octanol–water partition coefficient (Wildman–Crippen LogP) is 2.12. The van der Waals surface area contributed by atoms with Gasteiger partial charge in [-0.1, -0.05) is 29.8 Å². The number of rotatable bonds is 6. The number of hydrogen-bond donors (Lipinski definition) is 0. The summed E-state index contributed by atoms with van der Waals surface area (Å²) in [5.74, 6) is 0.402. The second-order valence-corrected chi connectivity index (χ2v) is 5.06. The van der Waals surface area contributed by atoms with E-state index < -0.39 is 0 Å². The summed E-state index contributed by atoms with van der Waals surface area (Å²) >= 11 is 3.40. The summed E-state index contributed by atoms with van der Waals surface area (Å²) in [6.45, 7) is 5.79. The standard InChI is InChI=1S/C12H20BrN3O/c1-4-5-15(3)11-6-12(17)16(14-8-11)9-10(2)7-13/h6,8,10H,4-5,7,9H2,1-3H3. The molecule has 0 saturated carbocycles. The first kappa shape index (κ1) is 14.2. The van der Waals surface area contributed by atoms with Gasteiger partial charge >= 0.3 is 0 Å². The molecule has 0 amide bonds. The van der Waals surface area contributed by atoms with Crippen molar-refractivity contribution in [1.29, 1.82) is 0 Å². The van der Waals surface area contributed by atoms with Crippen molar-refractivity contribution < 1.29 is 0 Å². The molecule has 1 unspecified atom stereocenters. The molecule has 1 aromatic heterocycles. The summed E-state index contributed by atoms with van der Waals surface area (Å²) in [5.41, 5.74) is 0.859. The van der Waals surface area contributed by atoms with Crippen LogP contribution in [0.5, 0.6) is 0 Å². The van der Waals surface area contributed by atoms with E-state index >= 15 is 0 Å². The van der Waals surface area contributed by atoms with Crippen LogP contribution in [-0.4, -0.2) is 28.7 Å². The summed E-state index contributed by atoms with van der Waals surface area (Å²) < 4.78 is 1.52. The number of alkyl halides is 1. The van der Waals surface area contributed by atoms with E-state index in [1.54, 1.807) is 12.3 Å². The minimum atomic E-state index is -0.0294. The smallest absolute Gasteiger partial charge is 0.268 e. The molecule has 0 aliphatic heterocycles. The lowest BCUT2D eigenvalue weighted by molar-refractivity contribution is 0.471. The van der Waals surface area contributed by atoms with Gasteiger partial charge in [0.25, 0.3) is 5.56 Å². The molecule has 1 atom stereocenters. The van der Waals surface area contributed by atoms with E-state index in [0.717, 1.165) is 24.0 Å². The van der Waals surface area contributed by atoms with Crippen molar-refractivity contribution in [3.8, 4) is 0 Å². The van der Waals surface area contributed by atoms with Crippen LogP contribution < -0.4 is 10.5 Å². The average Bonchev–Trinajstić information content (AvgIpc) is 2.31. The maximum Gasteiger partial charge on any atom is 0.268 e. The Labute approximate surface area is 111 Å². The van der Waals surface area contributed by atoms with E-state index in [9.17, 15) is 4.79 Å². The zero-order valence-electron chi connectivity index (χ0n) is 10.7. The third-order valence-electron chi connectivity index (χ3n) is 2.60. The van der Waals surface area contributed by atoms with Crippen molar-refractivity contribution in [2.45, 2.75) is 26.8 Å². The third-order valence-corrected chi connectivity index (χ3v) is 3.71. The van der Waals surface area contributed by atoms with Gasteiger partial charge in [-0.25, -0.2) is 4.68 Å². The van der Waals surface area contributed by atoms with Crippen LogP contribution in [0.25, 0.3) is 0 Å². The molecule has 0 aromatic carbocycles. The van der Waals surface area contributed by atoms with E-state index in [-0.39, 0.29) is 5.56 Å². The Morgan fingerprint density at radius 3 is 2.82 bits per heavy atom. The molecular weight excluding hydrogens is 282 g/mol. The third kappa shape index (κ3) is 4.15. The lowest BCUT2D eigenvalue weighted by Gasteiger charge is -2.18. The Bertz CT molecular complexity index is 405. The summed E-state index contributed by atoms with van der Waals surface area (Å²) in [4.78, 5) is 13.9. The Morgan fingerprint density at radius 2 is 2.29 bits per heavy atom. The van der Waals surface area contributed by atoms with Crippen molar-refractivity contribution in [3.63, 3.8) is 0 Å². The van der Waals surface area contributed by atoms with Crippen LogP contribution in [0.4, 0.5) is 5.69 Å².